The van der Waals surface area contributed by atoms with Gasteiger partial charge in [0.05, 0.1) is 18.8 Å². The van der Waals surface area contributed by atoms with Crippen LogP contribution in [-0.4, -0.2) is 36.4 Å². The van der Waals surface area contributed by atoms with Crippen LogP contribution in [0.15, 0.2) is 64.9 Å². The molecule has 1 aliphatic rings. The van der Waals surface area contributed by atoms with Gasteiger partial charge in [-0.3, -0.25) is 9.79 Å². The Morgan fingerprint density at radius 1 is 1.00 bits per heavy atom. The fourth-order valence-corrected chi connectivity index (χ4v) is 4.37. The lowest BCUT2D eigenvalue weighted by Gasteiger charge is -2.26. The molecule has 1 saturated carbocycles. The first-order valence-corrected chi connectivity index (χ1v) is 12.5. The Labute approximate surface area is 203 Å². The number of carbonyl (C=O) groups is 1. The molecule has 0 heterocycles. The van der Waals surface area contributed by atoms with Crippen LogP contribution in [0.1, 0.15) is 69.9 Å². The van der Waals surface area contributed by atoms with Gasteiger partial charge >= 0.3 is 0 Å². The molecule has 0 amide bonds. The van der Waals surface area contributed by atoms with E-state index >= 15 is 0 Å². The summed E-state index contributed by atoms with van der Waals surface area (Å²) in [6.07, 6.45) is 4.11. The van der Waals surface area contributed by atoms with Crippen molar-refractivity contribution in [2.75, 3.05) is 19.8 Å². The van der Waals surface area contributed by atoms with E-state index in [2.05, 4.69) is 19.1 Å². The largest absolute Gasteiger partial charge is 0.511 e. The summed E-state index contributed by atoms with van der Waals surface area (Å²) < 4.78 is 11.4. The van der Waals surface area contributed by atoms with Gasteiger partial charge in [-0.25, -0.2) is 0 Å². The average molecular weight is 464 g/mol. The molecule has 0 aromatic heterocycles. The van der Waals surface area contributed by atoms with E-state index in [1.807, 2.05) is 50.2 Å². The molecule has 0 unspecified atom stereocenters. The predicted octanol–water partition coefficient (Wildman–Crippen LogP) is 6.62. The normalized spacial score (nSPS) is 18.7. The van der Waals surface area contributed by atoms with Crippen molar-refractivity contribution in [3.8, 4) is 11.5 Å². The van der Waals surface area contributed by atoms with Crippen LogP contribution in [0, 0.1) is 0 Å². The van der Waals surface area contributed by atoms with Crippen molar-refractivity contribution >= 4 is 11.5 Å². The fourth-order valence-electron chi connectivity index (χ4n) is 4.37. The molecule has 5 heteroatoms. The third kappa shape index (κ3) is 6.72. The maximum absolute atomic E-state index is 13.1. The van der Waals surface area contributed by atoms with E-state index in [4.69, 9.17) is 14.5 Å². The van der Waals surface area contributed by atoms with Crippen LogP contribution in [0.5, 0.6) is 11.5 Å². The standard InChI is InChI=1S/C29H37NO4/c1-4-7-13-25(31)29-24(19-23(20-26(29)32)22-11-9-8-10-12-22)30-17-16-21-14-15-27(33-5-2)28(18-21)34-6-3/h8-12,14-15,18,23,31H,4-7,13,16-17,19-20H2,1-3H3/t23-/m1/s1. The minimum Gasteiger partial charge on any atom is -0.511 e. The highest BCUT2D eigenvalue weighted by molar-refractivity contribution is 6.24. The Kier molecular flexibility index (Phi) is 9.75. The zero-order chi connectivity index (χ0) is 24.3. The number of allylic oxidation sites excluding steroid dienone is 2. The molecule has 2 aromatic carbocycles. The van der Waals surface area contributed by atoms with Crippen LogP contribution in [0.3, 0.4) is 0 Å². The highest BCUT2D eigenvalue weighted by atomic mass is 16.5. The lowest BCUT2D eigenvalue weighted by molar-refractivity contribution is -0.116. The SMILES string of the molecule is CCCCC(O)=C1C(=O)C[C@H](c2ccccc2)CC1=NCCc1ccc(OCC)c(OCC)c1. The third-order valence-electron chi connectivity index (χ3n) is 6.08. The van der Waals surface area contributed by atoms with E-state index in [0.717, 1.165) is 41.2 Å². The van der Waals surface area contributed by atoms with Crippen LogP contribution < -0.4 is 9.47 Å². The number of rotatable bonds is 11. The number of aliphatic imine (C=N–C) groups is 1. The van der Waals surface area contributed by atoms with Crippen LogP contribution in [0.4, 0.5) is 0 Å². The van der Waals surface area contributed by atoms with Crippen molar-refractivity contribution in [1.82, 2.24) is 0 Å². The number of benzene rings is 2. The number of aliphatic hydroxyl groups is 1. The number of Topliss-reactive ketones (excluding diaryl/α,β-unsaturated/α-hetero) is 1. The van der Waals surface area contributed by atoms with Crippen molar-refractivity contribution in [1.29, 1.82) is 0 Å². The van der Waals surface area contributed by atoms with Crippen molar-refractivity contribution in [2.45, 2.75) is 65.2 Å². The summed E-state index contributed by atoms with van der Waals surface area (Å²) in [4.78, 5) is 18.0. The molecule has 0 spiro atoms. The fraction of sp³-hybridized carbons (Fsp3) is 0.448. The van der Waals surface area contributed by atoms with Crippen molar-refractivity contribution in [3.63, 3.8) is 0 Å². The molecule has 2 aromatic rings. The van der Waals surface area contributed by atoms with Gasteiger partial charge in [-0.2, -0.15) is 0 Å². The Hall–Kier alpha value is -3.08. The Morgan fingerprint density at radius 2 is 1.74 bits per heavy atom. The topological polar surface area (TPSA) is 68.1 Å². The summed E-state index contributed by atoms with van der Waals surface area (Å²) in [5.74, 6) is 1.76. The Morgan fingerprint density at radius 3 is 2.44 bits per heavy atom. The van der Waals surface area contributed by atoms with E-state index in [0.29, 0.717) is 51.0 Å². The summed E-state index contributed by atoms with van der Waals surface area (Å²) in [6.45, 7) is 7.68. The van der Waals surface area contributed by atoms with Gasteiger partial charge in [-0.15, -0.1) is 0 Å². The number of hydrogen-bond donors (Lipinski definition) is 1. The van der Waals surface area contributed by atoms with Crippen molar-refractivity contribution in [3.05, 3.63) is 71.0 Å². The van der Waals surface area contributed by atoms with Crippen LogP contribution in [0.25, 0.3) is 0 Å². The van der Waals surface area contributed by atoms with Gasteiger partial charge in [0.15, 0.2) is 17.3 Å². The summed E-state index contributed by atoms with van der Waals surface area (Å²) >= 11 is 0. The summed E-state index contributed by atoms with van der Waals surface area (Å²) in [6, 6.07) is 16.1. The molecule has 1 N–H and O–H groups in total. The van der Waals surface area contributed by atoms with Gasteiger partial charge in [-0.1, -0.05) is 49.7 Å². The number of nitrogens with zero attached hydrogens (tertiary/aromatic N) is 1. The first kappa shape index (κ1) is 25.5. The Balaban J connectivity index is 1.82. The lowest BCUT2D eigenvalue weighted by atomic mass is 9.78. The number of aliphatic hydroxyl groups excluding tert-OH is 1. The summed E-state index contributed by atoms with van der Waals surface area (Å²) in [5, 5.41) is 10.7. The smallest absolute Gasteiger partial charge is 0.168 e. The second-order valence-electron chi connectivity index (χ2n) is 8.59. The van der Waals surface area contributed by atoms with E-state index in [1.165, 1.54) is 0 Å². The zero-order valence-electron chi connectivity index (χ0n) is 20.7. The molecule has 34 heavy (non-hydrogen) atoms. The molecule has 1 atom stereocenters. The van der Waals surface area contributed by atoms with Crippen molar-refractivity contribution in [2.24, 2.45) is 4.99 Å². The minimum atomic E-state index is -0.00726. The van der Waals surface area contributed by atoms with E-state index in [-0.39, 0.29) is 17.5 Å². The van der Waals surface area contributed by atoms with E-state index in [1.54, 1.807) is 0 Å². The molecule has 1 fully saturated rings. The van der Waals surface area contributed by atoms with Gasteiger partial charge in [0.1, 0.15) is 5.76 Å². The number of ether oxygens (including phenoxy) is 2. The van der Waals surface area contributed by atoms with Gasteiger partial charge in [0, 0.05) is 25.1 Å². The maximum atomic E-state index is 13.1. The number of ketones is 1. The molecule has 3 rings (SSSR count). The molecule has 182 valence electrons. The second kappa shape index (κ2) is 13.0. The van der Waals surface area contributed by atoms with Crippen molar-refractivity contribution < 1.29 is 19.4 Å². The van der Waals surface area contributed by atoms with Crippen LogP contribution in [0.2, 0.25) is 0 Å². The first-order valence-electron chi connectivity index (χ1n) is 12.5. The maximum Gasteiger partial charge on any atom is 0.168 e. The molecule has 1 aliphatic carbocycles. The molecule has 0 aliphatic heterocycles. The van der Waals surface area contributed by atoms with Crippen LogP contribution >= 0.6 is 0 Å². The molecular weight excluding hydrogens is 426 g/mol. The van der Waals surface area contributed by atoms with E-state index < -0.39 is 0 Å². The summed E-state index contributed by atoms with van der Waals surface area (Å²) in [7, 11) is 0. The quantitative estimate of drug-likeness (QED) is 0.300. The molecule has 0 radical (unpaired) electrons. The average Bonchev–Trinajstić information content (AvgIpc) is 2.84. The predicted molar refractivity (Wildman–Crippen MR) is 137 cm³/mol. The third-order valence-corrected chi connectivity index (χ3v) is 6.08. The molecule has 0 bridgehead atoms. The molecule has 5 nitrogen and oxygen atoms in total. The van der Waals surface area contributed by atoms with Gasteiger partial charge in [0.2, 0.25) is 0 Å². The molecule has 0 saturated heterocycles. The minimum absolute atomic E-state index is 0.00726. The lowest BCUT2D eigenvalue weighted by Crippen LogP contribution is -2.27. The van der Waals surface area contributed by atoms with Gasteiger partial charge in [0.25, 0.3) is 0 Å². The number of hydrogen-bond acceptors (Lipinski definition) is 5. The zero-order valence-corrected chi connectivity index (χ0v) is 20.7. The monoisotopic (exact) mass is 463 g/mol. The van der Waals surface area contributed by atoms with Crippen LogP contribution in [-0.2, 0) is 11.2 Å². The molecular formula is C29H37NO4. The Bertz CT molecular complexity index is 1010. The van der Waals surface area contributed by atoms with Gasteiger partial charge < -0.3 is 14.6 Å². The van der Waals surface area contributed by atoms with E-state index in [9.17, 15) is 9.90 Å². The summed E-state index contributed by atoms with van der Waals surface area (Å²) in [5.41, 5.74) is 3.42. The number of unbranched alkanes of at least 4 members (excludes halogenated alkanes) is 1. The number of carbonyl (C=O) groups excluding carboxylic acids is 1. The van der Waals surface area contributed by atoms with Gasteiger partial charge in [-0.05, 0) is 62.3 Å². The second-order valence-corrected chi connectivity index (χ2v) is 8.59. The highest BCUT2D eigenvalue weighted by Gasteiger charge is 2.32. The highest BCUT2D eigenvalue weighted by Crippen LogP contribution is 2.34. The first-order chi connectivity index (χ1) is 16.6.